The number of carbonyl (C=O) groups excluding carboxylic acids is 1. The zero-order chi connectivity index (χ0) is 19.9. The molecule has 142 valence electrons. The van der Waals surface area contributed by atoms with Crippen LogP contribution in [-0.2, 0) is 20.0 Å². The van der Waals surface area contributed by atoms with E-state index in [0.717, 1.165) is 18.2 Å². The number of benzene rings is 1. The number of anilines is 1. The number of sulfone groups is 1. The zero-order valence-electron chi connectivity index (χ0n) is 15.2. The van der Waals surface area contributed by atoms with Gasteiger partial charge in [-0.15, -0.1) is 0 Å². The Morgan fingerprint density at radius 3 is 2.19 bits per heavy atom. The minimum atomic E-state index is -4.16. The van der Waals surface area contributed by atoms with Gasteiger partial charge in [-0.25, -0.2) is 8.42 Å². The number of hydrogen-bond donors (Lipinski definition) is 3. The van der Waals surface area contributed by atoms with Gasteiger partial charge in [-0.05, 0) is 26.0 Å². The SMILES string of the molecule is CC(C)(C)c1cc(NC(=O)C(C)(C)S(=O)(=O)c2ccc(O)c(O)c2)no1. The van der Waals surface area contributed by atoms with Gasteiger partial charge in [-0.2, -0.15) is 0 Å². The van der Waals surface area contributed by atoms with Crippen LogP contribution in [0, 0.1) is 0 Å². The third-order valence-electron chi connectivity index (χ3n) is 3.97. The quantitative estimate of drug-likeness (QED) is 0.693. The Morgan fingerprint density at radius 2 is 1.69 bits per heavy atom. The lowest BCUT2D eigenvalue weighted by atomic mass is 9.93. The predicted molar refractivity (Wildman–Crippen MR) is 94.9 cm³/mol. The molecular formula is C17H22N2O6S. The first-order chi connectivity index (χ1) is 11.8. The lowest BCUT2D eigenvalue weighted by Crippen LogP contribution is -2.44. The smallest absolute Gasteiger partial charge is 0.246 e. The molecule has 0 radical (unpaired) electrons. The van der Waals surface area contributed by atoms with Crippen molar-refractivity contribution in [3.05, 3.63) is 30.0 Å². The van der Waals surface area contributed by atoms with E-state index in [-0.39, 0.29) is 16.1 Å². The summed E-state index contributed by atoms with van der Waals surface area (Å²) < 4.78 is 28.9. The number of nitrogens with zero attached hydrogens (tertiary/aromatic N) is 1. The van der Waals surface area contributed by atoms with Crippen molar-refractivity contribution in [1.82, 2.24) is 5.16 Å². The molecule has 0 saturated carbocycles. The van der Waals surface area contributed by atoms with Crippen LogP contribution in [0.5, 0.6) is 11.5 Å². The first kappa shape index (κ1) is 19.8. The average molecular weight is 382 g/mol. The molecule has 9 heteroatoms. The average Bonchev–Trinajstić information content (AvgIpc) is 2.98. The van der Waals surface area contributed by atoms with Crippen LogP contribution in [-0.4, -0.2) is 34.4 Å². The second-order valence-electron chi connectivity index (χ2n) is 7.44. The highest BCUT2D eigenvalue weighted by atomic mass is 32.2. The molecule has 0 aliphatic rings. The van der Waals surface area contributed by atoms with Crippen LogP contribution in [0.1, 0.15) is 40.4 Å². The number of nitrogens with one attached hydrogen (secondary N) is 1. The van der Waals surface area contributed by atoms with Crippen molar-refractivity contribution in [3.63, 3.8) is 0 Å². The van der Waals surface area contributed by atoms with E-state index in [4.69, 9.17) is 4.52 Å². The fourth-order valence-electron chi connectivity index (χ4n) is 2.04. The molecule has 26 heavy (non-hydrogen) atoms. The summed E-state index contributed by atoms with van der Waals surface area (Å²) in [4.78, 5) is 12.3. The molecule has 3 N–H and O–H groups in total. The fraction of sp³-hybridized carbons (Fsp3) is 0.412. The zero-order valence-corrected chi connectivity index (χ0v) is 16.0. The molecule has 1 aromatic heterocycles. The van der Waals surface area contributed by atoms with Crippen LogP contribution in [0.3, 0.4) is 0 Å². The summed E-state index contributed by atoms with van der Waals surface area (Å²) in [5.74, 6) is -1.20. The van der Waals surface area contributed by atoms with Crippen LogP contribution in [0.2, 0.25) is 0 Å². The van der Waals surface area contributed by atoms with Crippen molar-refractivity contribution in [2.75, 3.05) is 5.32 Å². The molecule has 0 aliphatic heterocycles. The summed E-state index contributed by atoms with van der Waals surface area (Å²) >= 11 is 0. The van der Waals surface area contributed by atoms with Crippen LogP contribution >= 0.6 is 0 Å². The van der Waals surface area contributed by atoms with Crippen molar-refractivity contribution < 1.29 is 27.9 Å². The Kier molecular flexibility index (Phi) is 4.80. The van der Waals surface area contributed by atoms with Gasteiger partial charge in [0.25, 0.3) is 0 Å². The Hall–Kier alpha value is -2.55. The Morgan fingerprint density at radius 1 is 1.08 bits per heavy atom. The summed E-state index contributed by atoms with van der Waals surface area (Å²) in [5, 5.41) is 25.1. The number of phenolic OH excluding ortho intramolecular Hbond substituents is 2. The lowest BCUT2D eigenvalue weighted by molar-refractivity contribution is -0.117. The van der Waals surface area contributed by atoms with E-state index >= 15 is 0 Å². The predicted octanol–water partition coefficient (Wildman–Crippen LogP) is 2.57. The molecule has 2 rings (SSSR count). The summed E-state index contributed by atoms with van der Waals surface area (Å²) in [7, 11) is -4.16. The molecule has 0 unspecified atom stereocenters. The molecular weight excluding hydrogens is 360 g/mol. The van der Waals surface area contributed by atoms with Crippen LogP contribution in [0.15, 0.2) is 33.7 Å². The monoisotopic (exact) mass is 382 g/mol. The maximum atomic E-state index is 12.8. The summed E-state index contributed by atoms with van der Waals surface area (Å²) in [6, 6.07) is 4.59. The van der Waals surface area contributed by atoms with E-state index in [9.17, 15) is 23.4 Å². The maximum absolute atomic E-state index is 12.8. The van der Waals surface area contributed by atoms with Gasteiger partial charge in [0.05, 0.1) is 4.90 Å². The van der Waals surface area contributed by atoms with E-state index < -0.39 is 32.0 Å². The van der Waals surface area contributed by atoms with E-state index in [1.165, 1.54) is 19.9 Å². The van der Waals surface area contributed by atoms with E-state index in [1.807, 2.05) is 20.8 Å². The third-order valence-corrected chi connectivity index (χ3v) is 6.37. The Balaban J connectivity index is 2.31. The van der Waals surface area contributed by atoms with Gasteiger partial charge in [0.15, 0.2) is 27.2 Å². The molecule has 0 spiro atoms. The molecule has 1 amide bonds. The summed E-state index contributed by atoms with van der Waals surface area (Å²) in [5.41, 5.74) is -0.318. The molecule has 8 nitrogen and oxygen atoms in total. The van der Waals surface area contributed by atoms with Crippen LogP contribution < -0.4 is 5.32 Å². The molecule has 2 aromatic rings. The molecule has 0 atom stereocenters. The van der Waals surface area contributed by atoms with Gasteiger partial charge in [-0.3, -0.25) is 4.79 Å². The van der Waals surface area contributed by atoms with E-state index in [2.05, 4.69) is 10.5 Å². The van der Waals surface area contributed by atoms with Crippen molar-refractivity contribution in [2.24, 2.45) is 0 Å². The van der Waals surface area contributed by atoms with Gasteiger partial charge >= 0.3 is 0 Å². The topological polar surface area (TPSA) is 130 Å². The third kappa shape index (κ3) is 3.52. The Bertz CT molecular complexity index is 938. The summed E-state index contributed by atoms with van der Waals surface area (Å²) in [6.07, 6.45) is 0. The van der Waals surface area contributed by atoms with Gasteiger partial charge in [0, 0.05) is 17.5 Å². The standard InChI is InChI=1S/C17H22N2O6S/c1-16(2,3)13-9-14(19-25-13)18-15(22)17(4,5)26(23,24)10-6-7-11(20)12(21)8-10/h6-9,20-21H,1-5H3,(H,18,19,22). The Labute approximate surface area is 151 Å². The molecule has 0 aliphatic carbocycles. The normalized spacial score (nSPS) is 12.8. The number of amides is 1. The van der Waals surface area contributed by atoms with Gasteiger partial charge < -0.3 is 20.1 Å². The highest BCUT2D eigenvalue weighted by molar-refractivity contribution is 7.93. The lowest BCUT2D eigenvalue weighted by Gasteiger charge is -2.23. The van der Waals surface area contributed by atoms with Crippen LogP contribution in [0.4, 0.5) is 5.82 Å². The molecule has 0 fully saturated rings. The first-order valence-electron chi connectivity index (χ1n) is 7.82. The largest absolute Gasteiger partial charge is 0.504 e. The number of aromatic nitrogens is 1. The van der Waals surface area contributed by atoms with Crippen molar-refractivity contribution in [1.29, 1.82) is 0 Å². The summed E-state index contributed by atoms with van der Waals surface area (Å²) in [6.45, 7) is 8.21. The number of aromatic hydroxyl groups is 2. The first-order valence-corrected chi connectivity index (χ1v) is 9.30. The van der Waals surface area contributed by atoms with E-state index in [1.54, 1.807) is 0 Å². The fourth-order valence-corrected chi connectivity index (χ4v) is 3.44. The van der Waals surface area contributed by atoms with Gasteiger partial charge in [-0.1, -0.05) is 25.9 Å². The van der Waals surface area contributed by atoms with Crippen molar-refractivity contribution >= 4 is 21.6 Å². The number of hydrogen-bond acceptors (Lipinski definition) is 7. The minimum absolute atomic E-state index is 0.108. The number of phenols is 2. The number of carbonyl (C=O) groups is 1. The van der Waals surface area contributed by atoms with E-state index in [0.29, 0.717) is 5.76 Å². The van der Waals surface area contributed by atoms with Gasteiger partial charge in [0.1, 0.15) is 10.5 Å². The second kappa shape index (κ2) is 6.31. The highest BCUT2D eigenvalue weighted by Crippen LogP contribution is 2.33. The minimum Gasteiger partial charge on any atom is -0.504 e. The van der Waals surface area contributed by atoms with Crippen LogP contribution in [0.25, 0.3) is 0 Å². The van der Waals surface area contributed by atoms with Crippen molar-refractivity contribution in [3.8, 4) is 11.5 Å². The second-order valence-corrected chi connectivity index (χ2v) is 9.94. The molecule has 1 aromatic carbocycles. The molecule has 1 heterocycles. The highest BCUT2D eigenvalue weighted by Gasteiger charge is 2.43. The maximum Gasteiger partial charge on any atom is 0.246 e. The van der Waals surface area contributed by atoms with Crippen molar-refractivity contribution in [2.45, 2.75) is 49.7 Å². The molecule has 0 bridgehead atoms. The molecule has 0 saturated heterocycles. The van der Waals surface area contributed by atoms with Gasteiger partial charge in [0.2, 0.25) is 5.91 Å². The number of rotatable bonds is 4.